The summed E-state index contributed by atoms with van der Waals surface area (Å²) in [6.45, 7) is 0.506. The molecule has 130 valence electrons. The van der Waals surface area contributed by atoms with Crippen molar-refractivity contribution in [3.8, 4) is 5.75 Å². The highest BCUT2D eigenvalue weighted by atomic mass is 19.1. The van der Waals surface area contributed by atoms with Crippen molar-refractivity contribution < 1.29 is 13.9 Å². The number of ketones is 1. The summed E-state index contributed by atoms with van der Waals surface area (Å²) in [5.41, 5.74) is 3.76. The molecule has 3 aromatic rings. The van der Waals surface area contributed by atoms with Crippen LogP contribution in [0.4, 0.5) is 4.39 Å². The molecule has 0 saturated carbocycles. The van der Waals surface area contributed by atoms with Gasteiger partial charge in [-0.05, 0) is 59.9 Å². The molecule has 1 aliphatic rings. The Hall–Kier alpha value is -2.94. The van der Waals surface area contributed by atoms with Gasteiger partial charge in [0.05, 0.1) is 0 Å². The summed E-state index contributed by atoms with van der Waals surface area (Å²) >= 11 is 0. The third-order valence-corrected chi connectivity index (χ3v) is 4.88. The number of rotatable bonds is 4. The van der Waals surface area contributed by atoms with Crippen molar-refractivity contribution in [1.29, 1.82) is 0 Å². The lowest BCUT2D eigenvalue weighted by molar-refractivity contribution is 0.0946. The van der Waals surface area contributed by atoms with Gasteiger partial charge in [0, 0.05) is 11.5 Å². The zero-order valence-corrected chi connectivity index (χ0v) is 14.3. The van der Waals surface area contributed by atoms with E-state index in [2.05, 4.69) is 0 Å². The van der Waals surface area contributed by atoms with E-state index in [9.17, 15) is 9.18 Å². The van der Waals surface area contributed by atoms with E-state index in [1.165, 1.54) is 12.1 Å². The van der Waals surface area contributed by atoms with Gasteiger partial charge in [0.25, 0.3) is 0 Å². The van der Waals surface area contributed by atoms with Crippen LogP contribution in [0.3, 0.4) is 0 Å². The number of halogens is 1. The summed E-state index contributed by atoms with van der Waals surface area (Å²) in [4.78, 5) is 12.9. The van der Waals surface area contributed by atoms with Gasteiger partial charge in [0.15, 0.2) is 5.78 Å². The van der Waals surface area contributed by atoms with E-state index in [4.69, 9.17) is 4.74 Å². The topological polar surface area (TPSA) is 26.3 Å². The van der Waals surface area contributed by atoms with Gasteiger partial charge >= 0.3 is 0 Å². The molecule has 2 nitrogen and oxygen atoms in total. The molecule has 3 aromatic carbocycles. The Morgan fingerprint density at radius 2 is 1.73 bits per heavy atom. The Labute approximate surface area is 152 Å². The number of ether oxygens (including phenoxy) is 1. The van der Waals surface area contributed by atoms with Gasteiger partial charge in [0.1, 0.15) is 18.2 Å². The quantitative estimate of drug-likeness (QED) is 0.639. The maximum atomic E-state index is 13.1. The van der Waals surface area contributed by atoms with Gasteiger partial charge in [0.2, 0.25) is 0 Å². The largest absolute Gasteiger partial charge is 0.489 e. The number of carbonyl (C=O) groups is 1. The average Bonchev–Trinajstić information content (AvgIpc) is 2.68. The van der Waals surface area contributed by atoms with Crippen LogP contribution < -0.4 is 4.74 Å². The number of fused-ring (bicyclic) bond motifs is 1. The first-order chi connectivity index (χ1) is 12.7. The fourth-order valence-corrected chi connectivity index (χ4v) is 3.48. The maximum Gasteiger partial charge on any atom is 0.170 e. The lowest BCUT2D eigenvalue weighted by Gasteiger charge is -2.24. The zero-order valence-electron chi connectivity index (χ0n) is 14.3. The number of aryl methyl sites for hydroxylation is 1. The molecule has 26 heavy (non-hydrogen) atoms. The van der Waals surface area contributed by atoms with E-state index in [0.717, 1.165) is 40.8 Å². The second kappa shape index (κ2) is 7.12. The fourth-order valence-electron chi connectivity index (χ4n) is 3.48. The minimum absolute atomic E-state index is 0.104. The molecule has 1 atom stereocenters. The number of hydrogen-bond acceptors (Lipinski definition) is 2. The highest BCUT2D eigenvalue weighted by Crippen LogP contribution is 2.34. The highest BCUT2D eigenvalue weighted by Gasteiger charge is 2.28. The first-order valence-electron chi connectivity index (χ1n) is 8.80. The van der Waals surface area contributed by atoms with Crippen LogP contribution in [-0.2, 0) is 13.0 Å². The molecular weight excluding hydrogens is 327 g/mol. The van der Waals surface area contributed by atoms with E-state index in [1.54, 1.807) is 12.1 Å². The van der Waals surface area contributed by atoms with E-state index in [0.29, 0.717) is 6.61 Å². The monoisotopic (exact) mass is 346 g/mol. The fraction of sp³-hybridized carbons (Fsp3) is 0.174. The lowest BCUT2D eigenvalue weighted by atomic mass is 9.79. The zero-order chi connectivity index (χ0) is 17.9. The molecule has 0 N–H and O–H groups in total. The maximum absolute atomic E-state index is 13.1. The Morgan fingerprint density at radius 1 is 0.962 bits per heavy atom. The van der Waals surface area contributed by atoms with Crippen LogP contribution in [0, 0.1) is 5.82 Å². The molecule has 0 heterocycles. The van der Waals surface area contributed by atoms with Crippen LogP contribution in [0.1, 0.15) is 39.4 Å². The Balaban J connectivity index is 1.51. The lowest BCUT2D eigenvalue weighted by Crippen LogP contribution is -2.21. The molecule has 1 aliphatic carbocycles. The van der Waals surface area contributed by atoms with Crippen molar-refractivity contribution in [2.24, 2.45) is 0 Å². The van der Waals surface area contributed by atoms with Crippen LogP contribution in [0.2, 0.25) is 0 Å². The SMILES string of the molecule is O=C1c2ccc(OCc3ccccc3)cc2CCC1c1ccc(F)cc1. The van der Waals surface area contributed by atoms with E-state index in [1.807, 2.05) is 48.5 Å². The Kier molecular flexibility index (Phi) is 4.53. The highest BCUT2D eigenvalue weighted by molar-refractivity contribution is 6.03. The Bertz CT molecular complexity index is 917. The van der Waals surface area contributed by atoms with Gasteiger partial charge in [-0.1, -0.05) is 42.5 Å². The molecule has 0 amide bonds. The van der Waals surface area contributed by atoms with Crippen molar-refractivity contribution in [3.05, 3.63) is 101 Å². The van der Waals surface area contributed by atoms with Crippen molar-refractivity contribution in [2.45, 2.75) is 25.4 Å². The average molecular weight is 346 g/mol. The predicted octanol–water partition coefficient (Wildman–Crippen LogP) is 5.32. The number of benzene rings is 3. The van der Waals surface area contributed by atoms with Gasteiger partial charge in [-0.3, -0.25) is 4.79 Å². The van der Waals surface area contributed by atoms with Crippen LogP contribution in [-0.4, -0.2) is 5.78 Å². The second-order valence-corrected chi connectivity index (χ2v) is 6.60. The van der Waals surface area contributed by atoms with Crippen molar-refractivity contribution >= 4 is 5.78 Å². The minimum Gasteiger partial charge on any atom is -0.489 e. The molecule has 0 radical (unpaired) electrons. The number of carbonyl (C=O) groups excluding carboxylic acids is 1. The molecule has 3 heteroatoms. The molecule has 0 fully saturated rings. The number of hydrogen-bond donors (Lipinski definition) is 0. The first-order valence-corrected chi connectivity index (χ1v) is 8.80. The second-order valence-electron chi connectivity index (χ2n) is 6.60. The molecular formula is C23H19FO2. The van der Waals surface area contributed by atoms with Gasteiger partial charge in [-0.25, -0.2) is 4.39 Å². The molecule has 0 saturated heterocycles. The summed E-state index contributed by atoms with van der Waals surface area (Å²) in [6.07, 6.45) is 1.55. The molecule has 4 rings (SSSR count). The third kappa shape index (κ3) is 3.38. The molecule has 0 bridgehead atoms. The van der Waals surface area contributed by atoms with Crippen molar-refractivity contribution in [2.75, 3.05) is 0 Å². The summed E-state index contributed by atoms with van der Waals surface area (Å²) < 4.78 is 19.0. The standard InChI is InChI=1S/C23H19FO2/c24-19-9-6-17(7-10-19)21-12-8-18-14-20(11-13-22(18)23(21)25)26-15-16-4-2-1-3-5-16/h1-7,9-11,13-14,21H,8,12,15H2. The third-order valence-electron chi connectivity index (χ3n) is 4.88. The van der Waals surface area contributed by atoms with Crippen LogP contribution in [0.5, 0.6) is 5.75 Å². The molecule has 0 aliphatic heterocycles. The van der Waals surface area contributed by atoms with E-state index < -0.39 is 0 Å². The van der Waals surface area contributed by atoms with Crippen molar-refractivity contribution in [1.82, 2.24) is 0 Å². The molecule has 0 aromatic heterocycles. The molecule has 1 unspecified atom stereocenters. The van der Waals surface area contributed by atoms with Gasteiger partial charge < -0.3 is 4.74 Å². The van der Waals surface area contributed by atoms with E-state index >= 15 is 0 Å². The summed E-state index contributed by atoms with van der Waals surface area (Å²) in [5, 5.41) is 0. The van der Waals surface area contributed by atoms with Crippen LogP contribution >= 0.6 is 0 Å². The van der Waals surface area contributed by atoms with Crippen LogP contribution in [0.25, 0.3) is 0 Å². The number of Topliss-reactive ketones (excluding diaryl/α,β-unsaturated/α-hetero) is 1. The van der Waals surface area contributed by atoms with Crippen molar-refractivity contribution in [3.63, 3.8) is 0 Å². The smallest absolute Gasteiger partial charge is 0.170 e. The Morgan fingerprint density at radius 3 is 2.50 bits per heavy atom. The minimum atomic E-state index is -0.280. The summed E-state index contributed by atoms with van der Waals surface area (Å²) in [6, 6.07) is 21.9. The molecule has 0 spiro atoms. The van der Waals surface area contributed by atoms with Gasteiger partial charge in [-0.2, -0.15) is 0 Å². The predicted molar refractivity (Wildman–Crippen MR) is 99.0 cm³/mol. The summed E-state index contributed by atoms with van der Waals surface area (Å²) in [7, 11) is 0. The van der Waals surface area contributed by atoms with Crippen LogP contribution in [0.15, 0.2) is 72.8 Å². The first kappa shape index (κ1) is 16.5. The van der Waals surface area contributed by atoms with Gasteiger partial charge in [-0.15, -0.1) is 0 Å². The van der Waals surface area contributed by atoms with E-state index in [-0.39, 0.29) is 17.5 Å². The normalized spacial score (nSPS) is 16.2. The summed E-state index contributed by atoms with van der Waals surface area (Å²) in [5.74, 6) is 0.407.